The number of carbonyl (C=O) groups is 1. The van der Waals surface area contributed by atoms with Crippen LogP contribution in [0.4, 0.5) is 18.9 Å². The number of para-hydroxylation sites is 1. The van der Waals surface area contributed by atoms with E-state index in [9.17, 15) is 18.0 Å². The van der Waals surface area contributed by atoms with Crippen LogP contribution in [-0.4, -0.2) is 12.3 Å². The number of anilines is 1. The molecule has 3 rings (SSSR count). The van der Waals surface area contributed by atoms with Gasteiger partial charge in [0, 0.05) is 5.69 Å². The average Bonchev–Trinajstić information content (AvgIpc) is 3.11. The minimum Gasteiger partial charge on any atom is -0.485 e. The van der Waals surface area contributed by atoms with Crippen LogP contribution in [-0.2, 0) is 6.61 Å². The number of amides is 1. The zero-order chi connectivity index (χ0) is 21.0. The molecular formula is C21H18F3NO4. The molecule has 0 aliphatic heterocycles. The van der Waals surface area contributed by atoms with Gasteiger partial charge in [0.05, 0.1) is 0 Å². The highest BCUT2D eigenvalue weighted by Crippen LogP contribution is 2.25. The van der Waals surface area contributed by atoms with E-state index in [1.54, 1.807) is 6.07 Å². The van der Waals surface area contributed by atoms with Crippen LogP contribution >= 0.6 is 0 Å². The van der Waals surface area contributed by atoms with E-state index >= 15 is 0 Å². The third-order valence-electron chi connectivity index (χ3n) is 4.00. The van der Waals surface area contributed by atoms with Gasteiger partial charge < -0.3 is 19.2 Å². The lowest BCUT2D eigenvalue weighted by Crippen LogP contribution is -2.17. The van der Waals surface area contributed by atoms with Gasteiger partial charge in [-0.3, -0.25) is 4.79 Å². The molecule has 0 radical (unpaired) electrons. The van der Waals surface area contributed by atoms with Crippen LogP contribution in [0.2, 0.25) is 0 Å². The number of alkyl halides is 3. The van der Waals surface area contributed by atoms with Crippen LogP contribution in [0.25, 0.3) is 0 Å². The number of carbonyl (C=O) groups excluding carboxylic acids is 1. The van der Waals surface area contributed by atoms with Crippen LogP contribution < -0.4 is 14.8 Å². The highest BCUT2D eigenvalue weighted by Gasteiger charge is 2.31. The van der Waals surface area contributed by atoms with Crippen molar-refractivity contribution in [3.05, 3.63) is 77.2 Å². The number of ether oxygens (including phenoxy) is 2. The van der Waals surface area contributed by atoms with Gasteiger partial charge >= 0.3 is 6.36 Å². The van der Waals surface area contributed by atoms with Gasteiger partial charge in [0.25, 0.3) is 5.91 Å². The molecule has 0 saturated heterocycles. The minimum absolute atomic E-state index is 0.0562. The van der Waals surface area contributed by atoms with Gasteiger partial charge in [0.1, 0.15) is 23.9 Å². The molecule has 0 aliphatic carbocycles. The molecule has 0 saturated carbocycles. The van der Waals surface area contributed by atoms with E-state index in [4.69, 9.17) is 9.15 Å². The van der Waals surface area contributed by atoms with Crippen LogP contribution in [0.5, 0.6) is 11.5 Å². The van der Waals surface area contributed by atoms with E-state index < -0.39 is 12.3 Å². The summed E-state index contributed by atoms with van der Waals surface area (Å²) in [7, 11) is 0. The second kappa shape index (κ2) is 8.30. The SMILES string of the molecule is Cc1cccc(C)c1OCc1ccc(C(=O)Nc2ccc(OC(F)(F)F)cc2)o1. The predicted molar refractivity (Wildman–Crippen MR) is 100 cm³/mol. The highest BCUT2D eigenvalue weighted by atomic mass is 19.4. The van der Waals surface area contributed by atoms with Crippen molar-refractivity contribution in [2.75, 3.05) is 5.32 Å². The molecule has 29 heavy (non-hydrogen) atoms. The van der Waals surface area contributed by atoms with Crippen molar-refractivity contribution in [3.63, 3.8) is 0 Å². The molecule has 1 heterocycles. The Balaban J connectivity index is 1.59. The molecule has 0 bridgehead atoms. The van der Waals surface area contributed by atoms with Gasteiger partial charge in [-0.15, -0.1) is 13.2 Å². The first-order valence-corrected chi connectivity index (χ1v) is 8.66. The summed E-state index contributed by atoms with van der Waals surface area (Å²) in [6.07, 6.45) is -4.77. The molecule has 0 atom stereocenters. The van der Waals surface area contributed by atoms with Gasteiger partial charge in [-0.25, -0.2) is 0 Å². The summed E-state index contributed by atoms with van der Waals surface area (Å²) in [6.45, 7) is 4.03. The fourth-order valence-electron chi connectivity index (χ4n) is 2.68. The molecule has 1 aromatic heterocycles. The maximum atomic E-state index is 12.3. The Morgan fingerprint density at radius 3 is 2.28 bits per heavy atom. The number of aryl methyl sites for hydroxylation is 2. The fourth-order valence-corrected chi connectivity index (χ4v) is 2.68. The van der Waals surface area contributed by atoms with Crippen molar-refractivity contribution >= 4 is 11.6 Å². The zero-order valence-electron chi connectivity index (χ0n) is 15.7. The summed E-state index contributed by atoms with van der Waals surface area (Å²) < 4.78 is 51.6. The Bertz CT molecular complexity index is 974. The van der Waals surface area contributed by atoms with E-state index in [1.165, 1.54) is 18.2 Å². The molecule has 1 amide bonds. The maximum Gasteiger partial charge on any atom is 0.573 e. The first-order chi connectivity index (χ1) is 13.7. The summed E-state index contributed by atoms with van der Waals surface area (Å²) in [6, 6.07) is 13.8. The highest BCUT2D eigenvalue weighted by molar-refractivity contribution is 6.02. The lowest BCUT2D eigenvalue weighted by molar-refractivity contribution is -0.274. The summed E-state index contributed by atoms with van der Waals surface area (Å²) in [5, 5.41) is 2.54. The van der Waals surface area contributed by atoms with Crippen LogP contribution in [0, 0.1) is 13.8 Å². The van der Waals surface area contributed by atoms with Crippen LogP contribution in [0.15, 0.2) is 59.0 Å². The molecule has 2 aromatic carbocycles. The standard InChI is InChI=1S/C21H18F3NO4/c1-13-4-3-5-14(2)19(13)27-12-17-10-11-18(28-17)20(26)25-15-6-8-16(9-7-15)29-21(22,23)24/h3-11H,12H2,1-2H3,(H,25,26). The predicted octanol–water partition coefficient (Wildman–Crippen LogP) is 5.63. The molecule has 0 unspecified atom stereocenters. The number of halogens is 3. The molecular weight excluding hydrogens is 387 g/mol. The smallest absolute Gasteiger partial charge is 0.485 e. The number of hydrogen-bond acceptors (Lipinski definition) is 4. The van der Waals surface area contributed by atoms with Gasteiger partial charge in [0.15, 0.2) is 5.76 Å². The van der Waals surface area contributed by atoms with Crippen LogP contribution in [0.3, 0.4) is 0 Å². The van der Waals surface area contributed by atoms with E-state index in [0.717, 1.165) is 29.0 Å². The summed E-state index contributed by atoms with van der Waals surface area (Å²) in [5.74, 6) is 0.371. The first kappa shape index (κ1) is 20.3. The molecule has 0 fully saturated rings. The number of hydrogen-bond donors (Lipinski definition) is 1. The average molecular weight is 405 g/mol. The second-order valence-electron chi connectivity index (χ2n) is 6.30. The number of nitrogens with one attached hydrogen (secondary N) is 1. The van der Waals surface area contributed by atoms with Gasteiger partial charge in [-0.2, -0.15) is 0 Å². The molecule has 5 nitrogen and oxygen atoms in total. The van der Waals surface area contributed by atoms with Crippen molar-refractivity contribution < 1.29 is 31.9 Å². The van der Waals surface area contributed by atoms with Crippen molar-refractivity contribution in [1.82, 2.24) is 0 Å². The Hall–Kier alpha value is -3.42. The van der Waals surface area contributed by atoms with Crippen molar-refractivity contribution in [2.24, 2.45) is 0 Å². The van der Waals surface area contributed by atoms with Gasteiger partial charge in [-0.1, -0.05) is 18.2 Å². The summed E-state index contributed by atoms with van der Waals surface area (Å²) in [5.41, 5.74) is 2.29. The molecule has 1 N–H and O–H groups in total. The Morgan fingerprint density at radius 1 is 1.00 bits per heavy atom. The van der Waals surface area contributed by atoms with E-state index in [0.29, 0.717) is 11.4 Å². The van der Waals surface area contributed by atoms with E-state index in [2.05, 4.69) is 10.1 Å². The Kier molecular flexibility index (Phi) is 5.81. The summed E-state index contributed by atoms with van der Waals surface area (Å²) >= 11 is 0. The van der Waals surface area contributed by atoms with Crippen LogP contribution in [0.1, 0.15) is 27.4 Å². The number of benzene rings is 2. The fraction of sp³-hybridized carbons (Fsp3) is 0.190. The van der Waals surface area contributed by atoms with Gasteiger partial charge in [-0.05, 0) is 61.4 Å². The van der Waals surface area contributed by atoms with E-state index in [1.807, 2.05) is 32.0 Å². The molecule has 0 spiro atoms. The topological polar surface area (TPSA) is 60.7 Å². The Morgan fingerprint density at radius 2 is 1.66 bits per heavy atom. The zero-order valence-corrected chi connectivity index (χ0v) is 15.7. The maximum absolute atomic E-state index is 12.3. The van der Waals surface area contributed by atoms with Crippen molar-refractivity contribution in [2.45, 2.75) is 26.8 Å². The minimum atomic E-state index is -4.77. The molecule has 3 aromatic rings. The first-order valence-electron chi connectivity index (χ1n) is 8.66. The molecule has 152 valence electrons. The van der Waals surface area contributed by atoms with E-state index in [-0.39, 0.29) is 18.1 Å². The third kappa shape index (κ3) is 5.54. The van der Waals surface area contributed by atoms with Crippen molar-refractivity contribution in [3.8, 4) is 11.5 Å². The number of rotatable bonds is 6. The largest absolute Gasteiger partial charge is 0.573 e. The van der Waals surface area contributed by atoms with Crippen molar-refractivity contribution in [1.29, 1.82) is 0 Å². The second-order valence-corrected chi connectivity index (χ2v) is 6.30. The lowest BCUT2D eigenvalue weighted by atomic mass is 10.1. The lowest BCUT2D eigenvalue weighted by Gasteiger charge is -2.10. The third-order valence-corrected chi connectivity index (χ3v) is 4.00. The Labute approximate surface area is 165 Å². The normalized spacial score (nSPS) is 11.2. The molecule has 8 heteroatoms. The monoisotopic (exact) mass is 405 g/mol. The van der Waals surface area contributed by atoms with Gasteiger partial charge in [0.2, 0.25) is 0 Å². The number of furan rings is 1. The quantitative estimate of drug-likeness (QED) is 0.578. The summed E-state index contributed by atoms with van der Waals surface area (Å²) in [4.78, 5) is 12.3. The molecule has 0 aliphatic rings.